The molecule has 176 valence electrons. The van der Waals surface area contributed by atoms with Crippen molar-refractivity contribution in [3.63, 3.8) is 0 Å². The van der Waals surface area contributed by atoms with Gasteiger partial charge in [-0.15, -0.1) is 0 Å². The van der Waals surface area contributed by atoms with Crippen molar-refractivity contribution in [1.82, 2.24) is 15.0 Å². The maximum absolute atomic E-state index is 13.4. The highest BCUT2D eigenvalue weighted by Gasteiger charge is 2.22. The molecule has 0 aliphatic heterocycles. The number of aromatic nitrogens is 2. The Labute approximate surface area is 194 Å². The van der Waals surface area contributed by atoms with Gasteiger partial charge in [-0.3, -0.25) is 5.41 Å². The van der Waals surface area contributed by atoms with Gasteiger partial charge in [0.05, 0.1) is 4.47 Å². The molecular weight excluding hydrogens is 505 g/mol. The van der Waals surface area contributed by atoms with E-state index < -0.39 is 10.2 Å². The summed E-state index contributed by atoms with van der Waals surface area (Å²) in [4.78, 5) is 0. The van der Waals surface area contributed by atoms with Gasteiger partial charge in [-0.1, -0.05) is 25.7 Å². The van der Waals surface area contributed by atoms with Crippen molar-refractivity contribution in [2.24, 2.45) is 17.0 Å². The molecule has 0 bridgehead atoms. The van der Waals surface area contributed by atoms with Gasteiger partial charge < -0.3 is 10.6 Å². The summed E-state index contributed by atoms with van der Waals surface area (Å²) in [7, 11) is -3.61. The summed E-state index contributed by atoms with van der Waals surface area (Å²) in [5.41, 5.74) is 0.782. The maximum Gasteiger partial charge on any atom is 0.274 e. The first-order valence-corrected chi connectivity index (χ1v) is 12.7. The highest BCUT2D eigenvalue weighted by Crippen LogP contribution is 2.32. The minimum absolute atomic E-state index is 0.0131. The molecule has 1 aromatic heterocycles. The molecule has 1 aromatic carbocycles. The zero-order valence-electron chi connectivity index (χ0n) is 17.4. The molecule has 0 unspecified atom stereocenters. The molecule has 1 fully saturated rings. The Morgan fingerprint density at radius 3 is 2.47 bits per heavy atom. The predicted octanol–water partition coefficient (Wildman–Crippen LogP) is 3.20. The largest absolute Gasteiger partial charge is 0.365 e. The monoisotopic (exact) mass is 531 g/mol. The Kier molecular flexibility index (Phi) is 8.57. The van der Waals surface area contributed by atoms with Gasteiger partial charge in [-0.05, 0) is 69.1 Å². The highest BCUT2D eigenvalue weighted by atomic mass is 79.9. The smallest absolute Gasteiger partial charge is 0.274 e. The molecule has 1 heterocycles. The van der Waals surface area contributed by atoms with E-state index in [1.54, 1.807) is 0 Å². The molecule has 0 amide bonds. The second-order valence-corrected chi connectivity index (χ2v) is 10.2. The molecule has 0 saturated heterocycles. The highest BCUT2D eigenvalue weighted by molar-refractivity contribution is 9.10. The van der Waals surface area contributed by atoms with Crippen LogP contribution in [0.25, 0.3) is 0 Å². The van der Waals surface area contributed by atoms with Gasteiger partial charge in [0, 0.05) is 18.8 Å². The van der Waals surface area contributed by atoms with Crippen molar-refractivity contribution in [2.75, 3.05) is 23.7 Å². The standard InChI is InChI=1S/C19H27BrFN7O3S/c20-15-11-14(5-6-16(15)21)26-18(22)17-19(28-31-27-17)24-9-7-12-1-3-13(4-2-12)8-10-25-32(23,29)30/h5-6,11-13,25H,1-4,7-10H2,(H2,22,26)(H,24,28)(H2,23,29,30). The summed E-state index contributed by atoms with van der Waals surface area (Å²) in [5.74, 6) is 1.06. The minimum atomic E-state index is -3.61. The second-order valence-electron chi connectivity index (χ2n) is 7.92. The zero-order chi connectivity index (χ0) is 23.1. The molecule has 0 atom stereocenters. The number of halogens is 2. The number of rotatable bonds is 10. The van der Waals surface area contributed by atoms with Crippen LogP contribution in [0.15, 0.2) is 27.3 Å². The van der Waals surface area contributed by atoms with E-state index in [0.717, 1.165) is 38.5 Å². The van der Waals surface area contributed by atoms with Crippen LogP contribution in [-0.2, 0) is 10.2 Å². The van der Waals surface area contributed by atoms with E-state index in [1.165, 1.54) is 18.2 Å². The van der Waals surface area contributed by atoms with Gasteiger partial charge in [0.15, 0.2) is 11.5 Å². The van der Waals surface area contributed by atoms with E-state index in [0.29, 0.717) is 40.9 Å². The third kappa shape index (κ3) is 7.50. The molecule has 1 aliphatic rings. The van der Waals surface area contributed by atoms with Crippen LogP contribution in [0.3, 0.4) is 0 Å². The number of hydrogen-bond donors (Lipinski definition) is 5. The van der Waals surface area contributed by atoms with Crippen molar-refractivity contribution in [1.29, 1.82) is 5.41 Å². The van der Waals surface area contributed by atoms with E-state index >= 15 is 0 Å². The first-order chi connectivity index (χ1) is 15.2. The maximum atomic E-state index is 13.4. The van der Waals surface area contributed by atoms with Crippen LogP contribution in [0.5, 0.6) is 0 Å². The molecule has 10 nitrogen and oxygen atoms in total. The number of anilines is 2. The fourth-order valence-electron chi connectivity index (χ4n) is 3.85. The van der Waals surface area contributed by atoms with Crippen LogP contribution in [-0.4, -0.2) is 37.7 Å². The average molecular weight is 532 g/mol. The topological polar surface area (TPSA) is 159 Å². The molecule has 2 aromatic rings. The van der Waals surface area contributed by atoms with E-state index in [4.69, 9.17) is 15.2 Å². The van der Waals surface area contributed by atoms with Gasteiger partial charge in [-0.25, -0.2) is 18.9 Å². The van der Waals surface area contributed by atoms with Crippen molar-refractivity contribution >= 4 is 43.5 Å². The molecule has 6 N–H and O–H groups in total. The lowest BCUT2D eigenvalue weighted by Crippen LogP contribution is -2.32. The van der Waals surface area contributed by atoms with Crippen LogP contribution in [0.1, 0.15) is 44.2 Å². The molecule has 0 spiro atoms. The summed E-state index contributed by atoms with van der Waals surface area (Å²) in [6, 6.07) is 4.35. The molecule has 1 saturated carbocycles. The van der Waals surface area contributed by atoms with Gasteiger partial charge >= 0.3 is 0 Å². The number of nitrogens with two attached hydrogens (primary N) is 1. The molecule has 0 radical (unpaired) electrons. The SMILES string of the molecule is N=C(Nc1ccc(F)c(Br)c1)c1nonc1NCCC1CCC(CCNS(N)(=O)=O)CC1. The van der Waals surface area contributed by atoms with E-state index in [2.05, 4.69) is 41.6 Å². The lowest BCUT2D eigenvalue weighted by Gasteiger charge is -2.28. The van der Waals surface area contributed by atoms with Crippen LogP contribution in [0.2, 0.25) is 0 Å². The zero-order valence-corrected chi connectivity index (χ0v) is 19.8. The van der Waals surface area contributed by atoms with Crippen LogP contribution in [0.4, 0.5) is 15.9 Å². The van der Waals surface area contributed by atoms with Crippen LogP contribution >= 0.6 is 15.9 Å². The number of nitrogens with one attached hydrogen (secondary N) is 4. The molecule has 1 aliphatic carbocycles. The fourth-order valence-corrected chi connectivity index (χ4v) is 4.64. The van der Waals surface area contributed by atoms with Gasteiger partial charge in [0.1, 0.15) is 5.82 Å². The van der Waals surface area contributed by atoms with E-state index in [-0.39, 0.29) is 17.3 Å². The molecular formula is C19H27BrFN7O3S. The van der Waals surface area contributed by atoms with Crippen molar-refractivity contribution in [3.05, 3.63) is 34.2 Å². The summed E-state index contributed by atoms with van der Waals surface area (Å²) in [5, 5.41) is 26.9. The quantitative estimate of drug-likeness (QED) is 0.232. The Hall–Kier alpha value is -2.09. The van der Waals surface area contributed by atoms with Crippen molar-refractivity contribution in [3.8, 4) is 0 Å². The van der Waals surface area contributed by atoms with Gasteiger partial charge in [-0.2, -0.15) is 8.42 Å². The van der Waals surface area contributed by atoms with E-state index in [1.807, 2.05) is 0 Å². The summed E-state index contributed by atoms with van der Waals surface area (Å²) < 4.78 is 42.7. The van der Waals surface area contributed by atoms with E-state index in [9.17, 15) is 12.8 Å². The Balaban J connectivity index is 1.40. The normalized spacial score (nSPS) is 19.0. The summed E-state index contributed by atoms with van der Waals surface area (Å²) in [6.45, 7) is 1.05. The molecule has 32 heavy (non-hydrogen) atoms. The van der Waals surface area contributed by atoms with Crippen molar-refractivity contribution in [2.45, 2.75) is 38.5 Å². The number of hydrogen-bond acceptors (Lipinski definition) is 7. The number of benzene rings is 1. The van der Waals surface area contributed by atoms with Crippen LogP contribution in [0, 0.1) is 23.1 Å². The van der Waals surface area contributed by atoms with Crippen LogP contribution < -0.4 is 20.5 Å². The van der Waals surface area contributed by atoms with Gasteiger partial charge in [0.25, 0.3) is 10.2 Å². The van der Waals surface area contributed by atoms with Crippen molar-refractivity contribution < 1.29 is 17.4 Å². The lowest BCUT2D eigenvalue weighted by molar-refractivity contribution is 0.257. The number of nitrogens with zero attached hydrogens (tertiary/aromatic N) is 2. The lowest BCUT2D eigenvalue weighted by atomic mass is 9.79. The molecule has 3 rings (SSSR count). The van der Waals surface area contributed by atoms with Gasteiger partial charge in [0.2, 0.25) is 5.82 Å². The Morgan fingerprint density at radius 1 is 1.19 bits per heavy atom. The predicted molar refractivity (Wildman–Crippen MR) is 123 cm³/mol. The first kappa shape index (κ1) is 24.6. The Bertz CT molecular complexity index is 1030. The summed E-state index contributed by atoms with van der Waals surface area (Å²) >= 11 is 3.12. The second kappa shape index (κ2) is 11.2. The third-order valence-electron chi connectivity index (χ3n) is 5.58. The fraction of sp³-hybridized carbons (Fsp3) is 0.526. The summed E-state index contributed by atoms with van der Waals surface area (Å²) in [6.07, 6.45) is 6.05. The first-order valence-electron chi connectivity index (χ1n) is 10.4. The minimum Gasteiger partial charge on any atom is -0.365 e. The number of amidine groups is 1. The molecule has 13 heteroatoms. The third-order valence-corrected chi connectivity index (χ3v) is 6.80. The average Bonchev–Trinajstić information content (AvgIpc) is 3.20. The Morgan fingerprint density at radius 2 is 1.84 bits per heavy atom.